The zero-order valence-electron chi connectivity index (χ0n) is 8.80. The Hall–Kier alpha value is -0.890. The van der Waals surface area contributed by atoms with E-state index in [2.05, 4.69) is 0 Å². The molecule has 0 heterocycles. The van der Waals surface area contributed by atoms with Crippen LogP contribution in [-0.2, 0) is 12.8 Å². The molecular weight excluding hydrogens is 189 g/mol. The number of aryl methyl sites for hydroxylation is 1. The molecule has 3 rings (SSSR count). The van der Waals surface area contributed by atoms with Gasteiger partial charge in [-0.05, 0) is 66.8 Å². The summed E-state index contributed by atoms with van der Waals surface area (Å²) in [6.07, 6.45) is 4.62. The highest BCUT2D eigenvalue weighted by molar-refractivity contribution is 5.34. The Morgan fingerprint density at radius 3 is 3.00 bits per heavy atom. The molecule has 1 nitrogen and oxygen atoms in total. The van der Waals surface area contributed by atoms with Crippen LogP contribution < -0.4 is 5.73 Å². The van der Waals surface area contributed by atoms with Crippen molar-refractivity contribution in [1.82, 2.24) is 0 Å². The van der Waals surface area contributed by atoms with Crippen molar-refractivity contribution in [3.8, 4) is 0 Å². The molecule has 1 saturated carbocycles. The lowest BCUT2D eigenvalue weighted by Gasteiger charge is -2.25. The fourth-order valence-electron chi connectivity index (χ4n) is 3.14. The molecule has 2 aliphatic rings. The van der Waals surface area contributed by atoms with E-state index in [-0.39, 0.29) is 5.82 Å². The fraction of sp³-hybridized carbons (Fsp3) is 0.538. The van der Waals surface area contributed by atoms with Gasteiger partial charge < -0.3 is 5.73 Å². The van der Waals surface area contributed by atoms with Crippen molar-refractivity contribution in [3.05, 3.63) is 35.1 Å². The van der Waals surface area contributed by atoms with Gasteiger partial charge in [0.1, 0.15) is 5.82 Å². The van der Waals surface area contributed by atoms with Gasteiger partial charge in [0, 0.05) is 0 Å². The largest absolute Gasteiger partial charge is 0.330 e. The molecule has 15 heavy (non-hydrogen) atoms. The summed E-state index contributed by atoms with van der Waals surface area (Å²) in [6.45, 7) is 0.816. The summed E-state index contributed by atoms with van der Waals surface area (Å²) in [5.74, 6) is 0.617. The smallest absolute Gasteiger partial charge is 0.123 e. The highest BCUT2D eigenvalue weighted by atomic mass is 19.1. The summed E-state index contributed by atoms with van der Waals surface area (Å²) in [5, 5.41) is 0. The van der Waals surface area contributed by atoms with Gasteiger partial charge >= 0.3 is 0 Å². The summed E-state index contributed by atoms with van der Waals surface area (Å²) < 4.78 is 13.0. The minimum Gasteiger partial charge on any atom is -0.330 e. The molecule has 1 fully saturated rings. The lowest BCUT2D eigenvalue weighted by molar-refractivity contribution is 0.394. The maximum absolute atomic E-state index is 13.0. The van der Waals surface area contributed by atoms with Crippen LogP contribution >= 0.6 is 0 Å². The van der Waals surface area contributed by atoms with Crippen LogP contribution in [0.15, 0.2) is 18.2 Å². The SMILES string of the molecule is NCC1CC12CCc1cc(F)ccc1C2. The highest BCUT2D eigenvalue weighted by Gasteiger charge is 2.53. The first-order valence-corrected chi connectivity index (χ1v) is 5.71. The zero-order chi connectivity index (χ0) is 10.5. The molecule has 2 atom stereocenters. The quantitative estimate of drug-likeness (QED) is 0.748. The number of nitrogens with two attached hydrogens (primary N) is 1. The molecule has 1 spiro atoms. The minimum absolute atomic E-state index is 0.101. The monoisotopic (exact) mass is 205 g/mol. The fourth-order valence-corrected chi connectivity index (χ4v) is 3.14. The summed E-state index contributed by atoms with van der Waals surface area (Å²) in [5.41, 5.74) is 8.77. The van der Waals surface area contributed by atoms with Crippen LogP contribution in [0.4, 0.5) is 4.39 Å². The van der Waals surface area contributed by atoms with E-state index in [1.165, 1.54) is 24.0 Å². The normalized spacial score (nSPS) is 32.8. The molecule has 0 aliphatic heterocycles. The van der Waals surface area contributed by atoms with E-state index in [1.807, 2.05) is 6.07 Å². The number of hydrogen-bond donors (Lipinski definition) is 1. The standard InChI is InChI=1S/C13H16FN/c14-12-2-1-10-6-13(7-11(13)8-15)4-3-9(10)5-12/h1-2,5,11H,3-4,6-8,15H2. The van der Waals surface area contributed by atoms with Crippen LogP contribution in [0, 0.1) is 17.2 Å². The predicted molar refractivity (Wildman–Crippen MR) is 58.0 cm³/mol. The van der Waals surface area contributed by atoms with Crippen LogP contribution in [0.3, 0.4) is 0 Å². The first-order chi connectivity index (χ1) is 7.23. The average Bonchev–Trinajstić information content (AvgIpc) is 2.92. The second-order valence-electron chi connectivity index (χ2n) is 5.09. The van der Waals surface area contributed by atoms with Crippen LogP contribution in [-0.4, -0.2) is 6.54 Å². The topological polar surface area (TPSA) is 26.0 Å². The van der Waals surface area contributed by atoms with Gasteiger partial charge in [-0.25, -0.2) is 4.39 Å². The molecule has 0 amide bonds. The molecule has 0 bridgehead atoms. The third-order valence-electron chi connectivity index (χ3n) is 4.25. The summed E-state index contributed by atoms with van der Waals surface area (Å²) in [6, 6.07) is 5.23. The van der Waals surface area contributed by atoms with Gasteiger partial charge in [0.2, 0.25) is 0 Å². The average molecular weight is 205 g/mol. The van der Waals surface area contributed by atoms with Crippen molar-refractivity contribution < 1.29 is 4.39 Å². The van der Waals surface area contributed by atoms with Crippen molar-refractivity contribution in [1.29, 1.82) is 0 Å². The molecule has 1 aromatic rings. The van der Waals surface area contributed by atoms with Gasteiger partial charge in [-0.1, -0.05) is 6.07 Å². The first-order valence-electron chi connectivity index (χ1n) is 5.71. The molecule has 2 aliphatic carbocycles. The van der Waals surface area contributed by atoms with Gasteiger partial charge in [-0.2, -0.15) is 0 Å². The van der Waals surface area contributed by atoms with Gasteiger partial charge in [0.25, 0.3) is 0 Å². The van der Waals surface area contributed by atoms with Crippen LogP contribution in [0.2, 0.25) is 0 Å². The van der Waals surface area contributed by atoms with E-state index < -0.39 is 0 Å². The number of fused-ring (bicyclic) bond motifs is 1. The summed E-state index contributed by atoms with van der Waals surface area (Å²) in [7, 11) is 0. The molecular formula is C13H16FN. The van der Waals surface area contributed by atoms with E-state index in [1.54, 1.807) is 12.1 Å². The molecule has 2 N–H and O–H groups in total. The van der Waals surface area contributed by atoms with Crippen LogP contribution in [0.25, 0.3) is 0 Å². The van der Waals surface area contributed by atoms with Crippen LogP contribution in [0.5, 0.6) is 0 Å². The second kappa shape index (κ2) is 3.05. The maximum Gasteiger partial charge on any atom is 0.123 e. The van der Waals surface area contributed by atoms with Crippen molar-refractivity contribution >= 4 is 0 Å². The Balaban J connectivity index is 1.88. The first kappa shape index (κ1) is 9.34. The van der Waals surface area contributed by atoms with Crippen LogP contribution in [0.1, 0.15) is 24.0 Å². The van der Waals surface area contributed by atoms with Crippen molar-refractivity contribution in [2.24, 2.45) is 17.1 Å². The van der Waals surface area contributed by atoms with Gasteiger partial charge in [-0.3, -0.25) is 0 Å². The van der Waals surface area contributed by atoms with Crippen molar-refractivity contribution in [2.45, 2.75) is 25.7 Å². The summed E-state index contributed by atoms with van der Waals surface area (Å²) >= 11 is 0. The number of benzene rings is 1. The molecule has 2 heteroatoms. The Morgan fingerprint density at radius 2 is 2.27 bits per heavy atom. The third kappa shape index (κ3) is 1.39. The molecule has 0 radical (unpaired) electrons. The maximum atomic E-state index is 13.0. The van der Waals surface area contributed by atoms with E-state index in [0.29, 0.717) is 5.41 Å². The van der Waals surface area contributed by atoms with E-state index >= 15 is 0 Å². The van der Waals surface area contributed by atoms with Gasteiger partial charge in [0.15, 0.2) is 0 Å². The lowest BCUT2D eigenvalue weighted by atomic mass is 9.80. The van der Waals surface area contributed by atoms with E-state index in [9.17, 15) is 4.39 Å². The highest BCUT2D eigenvalue weighted by Crippen LogP contribution is 2.59. The Morgan fingerprint density at radius 1 is 1.40 bits per heavy atom. The Labute approximate surface area is 89.5 Å². The van der Waals surface area contributed by atoms with Crippen molar-refractivity contribution in [2.75, 3.05) is 6.54 Å². The zero-order valence-corrected chi connectivity index (χ0v) is 8.80. The number of rotatable bonds is 1. The molecule has 80 valence electrons. The Bertz CT molecular complexity index is 402. The van der Waals surface area contributed by atoms with E-state index in [0.717, 1.165) is 25.3 Å². The minimum atomic E-state index is -0.101. The Kier molecular flexibility index (Phi) is 1.90. The predicted octanol–water partition coefficient (Wildman–Crippen LogP) is 2.28. The van der Waals surface area contributed by atoms with Gasteiger partial charge in [0.05, 0.1) is 0 Å². The van der Waals surface area contributed by atoms with Crippen molar-refractivity contribution in [3.63, 3.8) is 0 Å². The van der Waals surface area contributed by atoms with Gasteiger partial charge in [-0.15, -0.1) is 0 Å². The third-order valence-corrected chi connectivity index (χ3v) is 4.25. The second-order valence-corrected chi connectivity index (χ2v) is 5.09. The molecule has 2 unspecified atom stereocenters. The number of hydrogen-bond acceptors (Lipinski definition) is 1. The molecule has 0 saturated heterocycles. The lowest BCUT2D eigenvalue weighted by Crippen LogP contribution is -2.20. The van der Waals surface area contributed by atoms with E-state index in [4.69, 9.17) is 5.73 Å². The number of halogens is 1. The molecule has 1 aromatic carbocycles. The summed E-state index contributed by atoms with van der Waals surface area (Å²) in [4.78, 5) is 0. The molecule has 0 aromatic heterocycles.